The van der Waals surface area contributed by atoms with E-state index in [1.165, 1.54) is 18.4 Å². The molecule has 1 aliphatic heterocycles. The molecular formula is C20H25N3O. The van der Waals surface area contributed by atoms with Crippen LogP contribution in [0.15, 0.2) is 42.5 Å². The van der Waals surface area contributed by atoms with Crippen molar-refractivity contribution in [1.29, 1.82) is 0 Å². The van der Waals surface area contributed by atoms with E-state index in [4.69, 9.17) is 5.73 Å². The van der Waals surface area contributed by atoms with Gasteiger partial charge in [-0.3, -0.25) is 4.79 Å². The Morgan fingerprint density at radius 1 is 1.12 bits per heavy atom. The van der Waals surface area contributed by atoms with Crippen LogP contribution in [0.5, 0.6) is 0 Å². The summed E-state index contributed by atoms with van der Waals surface area (Å²) >= 11 is 0. The van der Waals surface area contributed by atoms with Crippen molar-refractivity contribution in [2.24, 2.45) is 0 Å². The number of carbonyl (C=O) groups excluding carboxylic acids is 1. The van der Waals surface area contributed by atoms with Crippen LogP contribution in [0, 0.1) is 6.92 Å². The first kappa shape index (κ1) is 16.4. The first-order valence-corrected chi connectivity index (χ1v) is 8.62. The van der Waals surface area contributed by atoms with Gasteiger partial charge >= 0.3 is 0 Å². The topological polar surface area (TPSA) is 58.4 Å². The van der Waals surface area contributed by atoms with Gasteiger partial charge < -0.3 is 16.0 Å². The van der Waals surface area contributed by atoms with Gasteiger partial charge in [0.25, 0.3) is 0 Å². The zero-order valence-corrected chi connectivity index (χ0v) is 14.2. The Bertz CT molecular complexity index is 703. The second-order valence-corrected chi connectivity index (χ2v) is 6.50. The standard InChI is InChI=1S/C20H25N3O/c1-15-4-8-17(9-5-15)22-20(24)11-7-16-6-10-19(18(21)14-16)23-12-2-3-13-23/h4-6,8-10,14H,2-3,7,11-13,21H2,1H3,(H,22,24). The molecule has 4 heteroatoms. The average molecular weight is 323 g/mol. The lowest BCUT2D eigenvalue weighted by Crippen LogP contribution is -2.19. The lowest BCUT2D eigenvalue weighted by Gasteiger charge is -2.20. The molecular weight excluding hydrogens is 298 g/mol. The summed E-state index contributed by atoms with van der Waals surface area (Å²) in [7, 11) is 0. The first-order chi connectivity index (χ1) is 11.6. The molecule has 2 aromatic carbocycles. The number of nitrogens with two attached hydrogens (primary N) is 1. The van der Waals surface area contributed by atoms with Crippen molar-refractivity contribution in [2.75, 3.05) is 29.0 Å². The number of carbonyl (C=O) groups is 1. The molecule has 0 spiro atoms. The van der Waals surface area contributed by atoms with E-state index >= 15 is 0 Å². The Hall–Kier alpha value is -2.49. The number of amides is 1. The molecule has 1 amide bonds. The summed E-state index contributed by atoms with van der Waals surface area (Å²) in [5.74, 6) is 0.0287. The molecule has 3 N–H and O–H groups in total. The smallest absolute Gasteiger partial charge is 0.224 e. The Balaban J connectivity index is 1.55. The van der Waals surface area contributed by atoms with Crippen LogP contribution in [-0.2, 0) is 11.2 Å². The maximum Gasteiger partial charge on any atom is 0.224 e. The van der Waals surface area contributed by atoms with Gasteiger partial charge in [0.15, 0.2) is 0 Å². The second kappa shape index (κ2) is 7.39. The van der Waals surface area contributed by atoms with Crippen LogP contribution in [0.2, 0.25) is 0 Å². The first-order valence-electron chi connectivity index (χ1n) is 8.62. The van der Waals surface area contributed by atoms with Crippen LogP contribution < -0.4 is 16.0 Å². The maximum absolute atomic E-state index is 12.1. The Morgan fingerprint density at radius 2 is 1.83 bits per heavy atom. The molecule has 4 nitrogen and oxygen atoms in total. The van der Waals surface area contributed by atoms with Crippen molar-refractivity contribution in [3.8, 4) is 0 Å². The van der Waals surface area contributed by atoms with Crippen molar-refractivity contribution in [2.45, 2.75) is 32.6 Å². The number of nitrogens with one attached hydrogen (secondary N) is 1. The summed E-state index contributed by atoms with van der Waals surface area (Å²) < 4.78 is 0. The summed E-state index contributed by atoms with van der Waals surface area (Å²) in [6.45, 7) is 4.20. The van der Waals surface area contributed by atoms with Crippen molar-refractivity contribution < 1.29 is 4.79 Å². The molecule has 0 saturated carbocycles. The van der Waals surface area contributed by atoms with E-state index in [2.05, 4.69) is 22.3 Å². The van der Waals surface area contributed by atoms with E-state index in [1.54, 1.807) is 0 Å². The van der Waals surface area contributed by atoms with Crippen LogP contribution in [0.25, 0.3) is 0 Å². The van der Waals surface area contributed by atoms with E-state index < -0.39 is 0 Å². The van der Waals surface area contributed by atoms with E-state index in [9.17, 15) is 4.79 Å². The molecule has 24 heavy (non-hydrogen) atoms. The largest absolute Gasteiger partial charge is 0.397 e. The molecule has 1 heterocycles. The lowest BCUT2D eigenvalue weighted by molar-refractivity contribution is -0.116. The van der Waals surface area contributed by atoms with Gasteiger partial charge in [-0.05, 0) is 56.0 Å². The van der Waals surface area contributed by atoms with Crippen molar-refractivity contribution in [3.63, 3.8) is 0 Å². The van der Waals surface area contributed by atoms with Gasteiger partial charge in [-0.1, -0.05) is 23.8 Å². The van der Waals surface area contributed by atoms with Gasteiger partial charge in [0.2, 0.25) is 5.91 Å². The molecule has 0 bridgehead atoms. The maximum atomic E-state index is 12.1. The number of hydrogen-bond donors (Lipinski definition) is 2. The summed E-state index contributed by atoms with van der Waals surface area (Å²) in [6, 6.07) is 14.0. The number of aryl methyl sites for hydroxylation is 2. The molecule has 0 radical (unpaired) electrons. The molecule has 2 aromatic rings. The normalized spacial score (nSPS) is 14.0. The fraction of sp³-hybridized carbons (Fsp3) is 0.350. The Kier molecular flexibility index (Phi) is 5.04. The summed E-state index contributed by atoms with van der Waals surface area (Å²) in [5.41, 5.74) is 11.3. The second-order valence-electron chi connectivity index (χ2n) is 6.50. The number of benzene rings is 2. The Labute approximate surface area is 143 Å². The highest BCUT2D eigenvalue weighted by Gasteiger charge is 2.15. The molecule has 126 valence electrons. The fourth-order valence-corrected chi connectivity index (χ4v) is 3.12. The van der Waals surface area contributed by atoms with Gasteiger partial charge in [0.1, 0.15) is 0 Å². The molecule has 0 aromatic heterocycles. The fourth-order valence-electron chi connectivity index (χ4n) is 3.12. The van der Waals surface area contributed by atoms with Gasteiger partial charge in [-0.25, -0.2) is 0 Å². The SMILES string of the molecule is Cc1ccc(NC(=O)CCc2ccc(N3CCCC3)c(N)c2)cc1. The Morgan fingerprint density at radius 3 is 2.50 bits per heavy atom. The minimum absolute atomic E-state index is 0.0287. The van der Waals surface area contributed by atoms with Crippen molar-refractivity contribution in [3.05, 3.63) is 53.6 Å². The van der Waals surface area contributed by atoms with Crippen LogP contribution in [0.4, 0.5) is 17.1 Å². The third-order valence-corrected chi connectivity index (χ3v) is 4.51. The number of nitrogen functional groups attached to an aromatic ring is 1. The zero-order chi connectivity index (χ0) is 16.9. The van der Waals surface area contributed by atoms with Crippen LogP contribution in [0.1, 0.15) is 30.4 Å². The predicted molar refractivity (Wildman–Crippen MR) is 100 cm³/mol. The van der Waals surface area contributed by atoms with Crippen molar-refractivity contribution >= 4 is 23.0 Å². The highest BCUT2D eigenvalue weighted by Crippen LogP contribution is 2.28. The highest BCUT2D eigenvalue weighted by molar-refractivity contribution is 5.90. The quantitative estimate of drug-likeness (QED) is 0.824. The summed E-state index contributed by atoms with van der Waals surface area (Å²) in [4.78, 5) is 14.4. The van der Waals surface area contributed by atoms with E-state index in [-0.39, 0.29) is 5.91 Å². The molecule has 1 aliphatic rings. The number of nitrogens with zero attached hydrogens (tertiary/aromatic N) is 1. The van der Waals surface area contributed by atoms with E-state index in [0.29, 0.717) is 12.8 Å². The lowest BCUT2D eigenvalue weighted by atomic mass is 10.1. The number of hydrogen-bond acceptors (Lipinski definition) is 3. The van der Waals surface area contributed by atoms with Gasteiger partial charge in [0.05, 0.1) is 11.4 Å². The third kappa shape index (κ3) is 4.07. The van der Waals surface area contributed by atoms with Crippen LogP contribution in [0.3, 0.4) is 0 Å². The van der Waals surface area contributed by atoms with Crippen LogP contribution >= 0.6 is 0 Å². The molecule has 1 saturated heterocycles. The predicted octanol–water partition coefficient (Wildman–Crippen LogP) is 3.75. The molecule has 1 fully saturated rings. The summed E-state index contributed by atoms with van der Waals surface area (Å²) in [6.07, 6.45) is 3.62. The number of anilines is 3. The molecule has 3 rings (SSSR count). The number of rotatable bonds is 5. The zero-order valence-electron chi connectivity index (χ0n) is 14.2. The monoisotopic (exact) mass is 323 g/mol. The van der Waals surface area contributed by atoms with Crippen molar-refractivity contribution in [1.82, 2.24) is 0 Å². The molecule has 0 aliphatic carbocycles. The van der Waals surface area contributed by atoms with Gasteiger partial charge in [-0.2, -0.15) is 0 Å². The van der Waals surface area contributed by atoms with Crippen LogP contribution in [-0.4, -0.2) is 19.0 Å². The average Bonchev–Trinajstić information content (AvgIpc) is 3.09. The molecule has 0 atom stereocenters. The minimum atomic E-state index is 0.0287. The van der Waals surface area contributed by atoms with E-state index in [0.717, 1.165) is 35.7 Å². The van der Waals surface area contributed by atoms with Gasteiger partial charge in [0, 0.05) is 25.2 Å². The summed E-state index contributed by atoms with van der Waals surface area (Å²) in [5, 5.41) is 2.93. The highest BCUT2D eigenvalue weighted by atomic mass is 16.1. The molecule has 0 unspecified atom stereocenters. The van der Waals surface area contributed by atoms with E-state index in [1.807, 2.05) is 37.3 Å². The third-order valence-electron chi connectivity index (χ3n) is 4.51. The van der Waals surface area contributed by atoms with Gasteiger partial charge in [-0.15, -0.1) is 0 Å². The minimum Gasteiger partial charge on any atom is -0.397 e.